The number of aromatic nitrogens is 2. The van der Waals surface area contributed by atoms with E-state index in [0.717, 1.165) is 30.5 Å². The molecule has 0 aliphatic heterocycles. The van der Waals surface area contributed by atoms with Gasteiger partial charge in [0, 0.05) is 0 Å². The van der Waals surface area contributed by atoms with Crippen molar-refractivity contribution in [1.82, 2.24) is 10.2 Å². The molecule has 1 aromatic rings. The zero-order valence-electron chi connectivity index (χ0n) is 12.6. The van der Waals surface area contributed by atoms with E-state index in [1.807, 2.05) is 13.8 Å². The molecular weight excluding hydrogens is 250 g/mol. The number of hydrogen-bond donors (Lipinski definition) is 0. The van der Waals surface area contributed by atoms with Crippen LogP contribution in [0.15, 0.2) is 0 Å². The maximum absolute atomic E-state index is 9.45. The van der Waals surface area contributed by atoms with Crippen LogP contribution in [-0.4, -0.2) is 16.3 Å². The maximum Gasteiger partial charge on any atom is 0.252 e. The van der Waals surface area contributed by atoms with Crippen molar-refractivity contribution in [2.24, 2.45) is 5.92 Å². The van der Waals surface area contributed by atoms with Gasteiger partial charge in [-0.3, -0.25) is 0 Å². The first-order valence-electron chi connectivity index (χ1n) is 7.66. The minimum absolute atomic E-state index is 0.169. The normalized spacial score (nSPS) is 22.3. The number of nitrogens with zero attached hydrogens (tertiary/aromatic N) is 3. The third-order valence-corrected chi connectivity index (χ3v) is 4.22. The second kappa shape index (κ2) is 6.69. The van der Waals surface area contributed by atoms with Gasteiger partial charge in [-0.2, -0.15) is 10.4 Å². The summed E-state index contributed by atoms with van der Waals surface area (Å²) in [6, 6.07) is 2.27. The fourth-order valence-corrected chi connectivity index (χ4v) is 2.95. The van der Waals surface area contributed by atoms with E-state index in [2.05, 4.69) is 23.2 Å². The Kier molecular flexibility index (Phi) is 4.94. The molecule has 1 heterocycles. The Morgan fingerprint density at radius 2 is 1.95 bits per heavy atom. The van der Waals surface area contributed by atoms with Gasteiger partial charge in [0.2, 0.25) is 0 Å². The lowest BCUT2D eigenvalue weighted by Gasteiger charge is -2.29. The fraction of sp³-hybridized carbons (Fsp3) is 0.688. The van der Waals surface area contributed by atoms with Gasteiger partial charge in [0.15, 0.2) is 0 Å². The molecule has 2 rings (SSSR count). The summed E-state index contributed by atoms with van der Waals surface area (Å²) in [5, 5.41) is 17.9. The Morgan fingerprint density at radius 3 is 2.55 bits per heavy atom. The third-order valence-electron chi connectivity index (χ3n) is 4.22. The second-order valence-electron chi connectivity index (χ2n) is 5.54. The Hall–Kier alpha value is -1.63. The highest BCUT2D eigenvalue weighted by atomic mass is 16.5. The van der Waals surface area contributed by atoms with E-state index >= 15 is 0 Å². The van der Waals surface area contributed by atoms with E-state index in [1.54, 1.807) is 0 Å². The molecule has 2 unspecified atom stereocenters. The third kappa shape index (κ3) is 2.92. The Bertz CT molecular complexity index is 507. The van der Waals surface area contributed by atoms with Crippen LogP contribution >= 0.6 is 0 Å². The zero-order valence-corrected chi connectivity index (χ0v) is 12.6. The SMILES string of the molecule is CCc1nnc(OC2CCCCC2C)c(C#N)c1CC. The van der Waals surface area contributed by atoms with Crippen molar-refractivity contribution in [3.05, 3.63) is 16.8 Å². The first-order chi connectivity index (χ1) is 9.71. The lowest BCUT2D eigenvalue weighted by molar-refractivity contribution is 0.0959. The van der Waals surface area contributed by atoms with Gasteiger partial charge in [0.05, 0.1) is 5.69 Å². The number of aryl methyl sites for hydroxylation is 1. The van der Waals surface area contributed by atoms with E-state index in [4.69, 9.17) is 4.74 Å². The minimum atomic E-state index is 0.169. The molecule has 1 fully saturated rings. The average Bonchev–Trinajstić information content (AvgIpc) is 2.48. The standard InChI is InChI=1S/C16H23N3O/c1-4-12-13(10-17)16(19-18-14(12)5-2)20-15-9-7-6-8-11(15)3/h11,15H,4-9H2,1-3H3. The molecule has 1 aliphatic carbocycles. The molecule has 2 atom stereocenters. The van der Waals surface area contributed by atoms with Crippen LogP contribution in [0, 0.1) is 17.2 Å². The van der Waals surface area contributed by atoms with Gasteiger partial charge in [-0.1, -0.05) is 27.2 Å². The molecule has 1 saturated carbocycles. The molecule has 0 saturated heterocycles. The lowest BCUT2D eigenvalue weighted by atomic mass is 9.88. The number of rotatable bonds is 4. The molecule has 4 heteroatoms. The van der Waals surface area contributed by atoms with Crippen molar-refractivity contribution >= 4 is 0 Å². The molecule has 0 aromatic carbocycles. The van der Waals surface area contributed by atoms with Gasteiger partial charge in [-0.15, -0.1) is 5.10 Å². The van der Waals surface area contributed by atoms with Crippen LogP contribution in [0.25, 0.3) is 0 Å². The largest absolute Gasteiger partial charge is 0.472 e. The van der Waals surface area contributed by atoms with E-state index in [-0.39, 0.29) is 6.10 Å². The molecule has 0 radical (unpaired) electrons. The van der Waals surface area contributed by atoms with Gasteiger partial charge in [-0.05, 0) is 43.6 Å². The lowest BCUT2D eigenvalue weighted by Crippen LogP contribution is -2.29. The Morgan fingerprint density at radius 1 is 1.20 bits per heavy atom. The smallest absolute Gasteiger partial charge is 0.252 e. The highest BCUT2D eigenvalue weighted by Crippen LogP contribution is 2.30. The molecule has 1 aliphatic rings. The summed E-state index contributed by atoms with van der Waals surface area (Å²) in [5.41, 5.74) is 2.48. The number of nitriles is 1. The van der Waals surface area contributed by atoms with Crippen molar-refractivity contribution in [2.75, 3.05) is 0 Å². The van der Waals surface area contributed by atoms with Crippen molar-refractivity contribution in [3.63, 3.8) is 0 Å². The summed E-state index contributed by atoms with van der Waals surface area (Å²) in [5.74, 6) is 0.952. The summed E-state index contributed by atoms with van der Waals surface area (Å²) in [7, 11) is 0. The van der Waals surface area contributed by atoms with E-state index in [9.17, 15) is 5.26 Å². The van der Waals surface area contributed by atoms with Crippen LogP contribution < -0.4 is 4.74 Å². The molecule has 0 spiro atoms. The monoisotopic (exact) mass is 273 g/mol. The molecule has 0 N–H and O–H groups in total. The summed E-state index contributed by atoms with van der Waals surface area (Å²) in [6.45, 7) is 6.29. The van der Waals surface area contributed by atoms with Crippen molar-refractivity contribution in [2.45, 2.75) is 65.4 Å². The topological polar surface area (TPSA) is 58.8 Å². The van der Waals surface area contributed by atoms with Crippen LogP contribution in [0.4, 0.5) is 0 Å². The van der Waals surface area contributed by atoms with Gasteiger partial charge in [-0.25, -0.2) is 0 Å². The Balaban J connectivity index is 2.30. The predicted octanol–water partition coefficient (Wildman–Crippen LogP) is 3.43. The van der Waals surface area contributed by atoms with Gasteiger partial charge in [0.25, 0.3) is 5.88 Å². The molecule has 108 valence electrons. The Labute approximate surface area is 121 Å². The van der Waals surface area contributed by atoms with Gasteiger partial charge in [0.1, 0.15) is 17.7 Å². The highest BCUT2D eigenvalue weighted by Gasteiger charge is 2.25. The summed E-state index contributed by atoms with van der Waals surface area (Å²) in [4.78, 5) is 0. The first-order valence-corrected chi connectivity index (χ1v) is 7.66. The summed E-state index contributed by atoms with van der Waals surface area (Å²) >= 11 is 0. The zero-order chi connectivity index (χ0) is 14.5. The number of hydrogen-bond acceptors (Lipinski definition) is 4. The van der Waals surface area contributed by atoms with Crippen LogP contribution in [0.2, 0.25) is 0 Å². The summed E-state index contributed by atoms with van der Waals surface area (Å²) < 4.78 is 6.04. The van der Waals surface area contributed by atoms with Crippen LogP contribution in [-0.2, 0) is 12.8 Å². The van der Waals surface area contributed by atoms with E-state index < -0.39 is 0 Å². The average molecular weight is 273 g/mol. The molecule has 0 bridgehead atoms. The second-order valence-corrected chi connectivity index (χ2v) is 5.54. The van der Waals surface area contributed by atoms with Gasteiger partial charge < -0.3 is 4.74 Å². The maximum atomic E-state index is 9.45. The first kappa shape index (κ1) is 14.8. The van der Waals surface area contributed by atoms with E-state index in [0.29, 0.717) is 17.4 Å². The van der Waals surface area contributed by atoms with Crippen LogP contribution in [0.3, 0.4) is 0 Å². The molecule has 1 aromatic heterocycles. The molecule has 4 nitrogen and oxygen atoms in total. The van der Waals surface area contributed by atoms with Crippen molar-refractivity contribution in [1.29, 1.82) is 5.26 Å². The van der Waals surface area contributed by atoms with E-state index in [1.165, 1.54) is 19.3 Å². The molecular formula is C16H23N3O. The number of ether oxygens (including phenoxy) is 1. The highest BCUT2D eigenvalue weighted by molar-refractivity contribution is 5.46. The molecule has 20 heavy (non-hydrogen) atoms. The fourth-order valence-electron chi connectivity index (χ4n) is 2.95. The predicted molar refractivity (Wildman–Crippen MR) is 77.6 cm³/mol. The quantitative estimate of drug-likeness (QED) is 0.843. The van der Waals surface area contributed by atoms with Crippen molar-refractivity contribution in [3.8, 4) is 11.9 Å². The van der Waals surface area contributed by atoms with Gasteiger partial charge >= 0.3 is 0 Å². The summed E-state index contributed by atoms with van der Waals surface area (Å²) in [6.07, 6.45) is 6.45. The molecule has 0 amide bonds. The van der Waals surface area contributed by atoms with Crippen molar-refractivity contribution < 1.29 is 4.74 Å². The minimum Gasteiger partial charge on any atom is -0.472 e. The van der Waals surface area contributed by atoms with Crippen LogP contribution in [0.1, 0.15) is 63.3 Å². The van der Waals surface area contributed by atoms with Crippen LogP contribution in [0.5, 0.6) is 5.88 Å².